The van der Waals surface area contributed by atoms with E-state index in [-0.39, 0.29) is 5.82 Å². The molecule has 108 valence electrons. The number of nitrogens with zero attached hydrogens (tertiary/aromatic N) is 1. The van der Waals surface area contributed by atoms with E-state index in [1.165, 1.54) is 10.9 Å². The molecule has 2 rings (SSSR count). The van der Waals surface area contributed by atoms with Gasteiger partial charge in [-0.15, -0.1) is 11.3 Å². The highest BCUT2D eigenvalue weighted by Gasteiger charge is 2.12. The molecule has 0 aliphatic heterocycles. The normalized spacial score (nSPS) is 10.9. The van der Waals surface area contributed by atoms with Crippen LogP contribution in [0.15, 0.2) is 24.3 Å². The molecule has 1 N–H and O–H groups in total. The van der Waals surface area contributed by atoms with Gasteiger partial charge in [0.25, 0.3) is 0 Å². The van der Waals surface area contributed by atoms with Gasteiger partial charge in [0.1, 0.15) is 10.8 Å². The first-order valence-electron chi connectivity index (χ1n) is 7.19. The lowest BCUT2D eigenvalue weighted by Gasteiger charge is -2.02. The van der Waals surface area contributed by atoms with Crippen molar-refractivity contribution in [3.8, 4) is 10.6 Å². The molecule has 0 spiro atoms. The van der Waals surface area contributed by atoms with Gasteiger partial charge in [0, 0.05) is 17.0 Å². The molecule has 0 saturated heterocycles. The zero-order valence-electron chi connectivity index (χ0n) is 12.1. The molecule has 0 atom stereocenters. The molecule has 0 fully saturated rings. The SMILES string of the molecule is CCCNCc1sc(-c2cccc(F)c2)nc1CCC. The number of aryl methyl sites for hydroxylation is 1. The van der Waals surface area contributed by atoms with E-state index in [1.807, 2.05) is 6.07 Å². The van der Waals surface area contributed by atoms with Gasteiger partial charge in [-0.2, -0.15) is 0 Å². The monoisotopic (exact) mass is 292 g/mol. The predicted molar refractivity (Wildman–Crippen MR) is 83.5 cm³/mol. The number of halogens is 1. The van der Waals surface area contributed by atoms with E-state index in [0.29, 0.717) is 0 Å². The maximum atomic E-state index is 13.3. The van der Waals surface area contributed by atoms with Gasteiger partial charge in [-0.25, -0.2) is 9.37 Å². The van der Waals surface area contributed by atoms with Gasteiger partial charge in [0.15, 0.2) is 0 Å². The zero-order valence-corrected chi connectivity index (χ0v) is 12.9. The third kappa shape index (κ3) is 3.87. The number of rotatable bonds is 7. The maximum absolute atomic E-state index is 13.3. The van der Waals surface area contributed by atoms with E-state index in [9.17, 15) is 4.39 Å². The van der Waals surface area contributed by atoms with E-state index < -0.39 is 0 Å². The molecular weight excluding hydrogens is 271 g/mol. The first kappa shape index (κ1) is 15.1. The summed E-state index contributed by atoms with van der Waals surface area (Å²) in [6.07, 6.45) is 3.18. The van der Waals surface area contributed by atoms with Crippen molar-refractivity contribution in [3.05, 3.63) is 40.7 Å². The van der Waals surface area contributed by atoms with Crippen molar-refractivity contribution in [3.63, 3.8) is 0 Å². The van der Waals surface area contributed by atoms with Crippen LogP contribution in [0, 0.1) is 5.82 Å². The summed E-state index contributed by atoms with van der Waals surface area (Å²) in [6.45, 7) is 6.18. The fourth-order valence-electron chi connectivity index (χ4n) is 2.08. The molecule has 0 radical (unpaired) electrons. The van der Waals surface area contributed by atoms with Crippen molar-refractivity contribution in [1.29, 1.82) is 0 Å². The molecule has 0 aliphatic carbocycles. The van der Waals surface area contributed by atoms with E-state index >= 15 is 0 Å². The lowest BCUT2D eigenvalue weighted by Crippen LogP contribution is -2.13. The predicted octanol–water partition coefficient (Wildman–Crippen LogP) is 4.40. The summed E-state index contributed by atoms with van der Waals surface area (Å²) >= 11 is 1.67. The second kappa shape index (κ2) is 7.50. The van der Waals surface area contributed by atoms with Crippen LogP contribution in [0.5, 0.6) is 0 Å². The molecule has 2 nitrogen and oxygen atoms in total. The Bertz CT molecular complexity index is 551. The van der Waals surface area contributed by atoms with Crippen LogP contribution in [0.1, 0.15) is 37.3 Å². The van der Waals surface area contributed by atoms with Crippen LogP contribution >= 0.6 is 11.3 Å². The molecule has 0 amide bonds. The van der Waals surface area contributed by atoms with Gasteiger partial charge in [-0.05, 0) is 31.5 Å². The Kier molecular flexibility index (Phi) is 5.68. The lowest BCUT2D eigenvalue weighted by atomic mass is 10.2. The molecule has 4 heteroatoms. The van der Waals surface area contributed by atoms with Crippen LogP contribution in [0.25, 0.3) is 10.6 Å². The average Bonchev–Trinajstić information content (AvgIpc) is 2.83. The van der Waals surface area contributed by atoms with Crippen molar-refractivity contribution in [2.24, 2.45) is 0 Å². The van der Waals surface area contributed by atoms with Crippen molar-refractivity contribution < 1.29 is 4.39 Å². The van der Waals surface area contributed by atoms with Crippen LogP contribution in [0.4, 0.5) is 4.39 Å². The maximum Gasteiger partial charge on any atom is 0.124 e. The minimum Gasteiger partial charge on any atom is -0.312 e. The van der Waals surface area contributed by atoms with Gasteiger partial charge in [0.2, 0.25) is 0 Å². The van der Waals surface area contributed by atoms with Gasteiger partial charge in [0.05, 0.1) is 5.69 Å². The summed E-state index contributed by atoms with van der Waals surface area (Å²) in [7, 11) is 0. The largest absolute Gasteiger partial charge is 0.312 e. The summed E-state index contributed by atoms with van der Waals surface area (Å²) in [4.78, 5) is 5.98. The molecule has 0 saturated carbocycles. The first-order chi connectivity index (χ1) is 9.74. The number of hydrogen-bond donors (Lipinski definition) is 1. The third-order valence-electron chi connectivity index (χ3n) is 3.05. The summed E-state index contributed by atoms with van der Waals surface area (Å²) in [5, 5.41) is 4.34. The molecular formula is C16H21FN2S. The van der Waals surface area contributed by atoms with Crippen molar-refractivity contribution in [1.82, 2.24) is 10.3 Å². The van der Waals surface area contributed by atoms with Crippen LogP contribution in [0.2, 0.25) is 0 Å². The van der Waals surface area contributed by atoms with Crippen molar-refractivity contribution in [2.45, 2.75) is 39.7 Å². The van der Waals surface area contributed by atoms with Crippen LogP contribution < -0.4 is 5.32 Å². The zero-order chi connectivity index (χ0) is 14.4. The Labute approximate surface area is 124 Å². The molecule has 0 bridgehead atoms. The molecule has 20 heavy (non-hydrogen) atoms. The fourth-order valence-corrected chi connectivity index (χ4v) is 3.15. The molecule has 1 heterocycles. The number of aromatic nitrogens is 1. The minimum absolute atomic E-state index is 0.208. The Morgan fingerprint density at radius 3 is 2.80 bits per heavy atom. The minimum atomic E-state index is -0.208. The Hall–Kier alpha value is -1.26. The highest BCUT2D eigenvalue weighted by Crippen LogP contribution is 2.29. The topological polar surface area (TPSA) is 24.9 Å². The molecule has 1 aromatic carbocycles. The standard InChI is InChI=1S/C16H21FN2S/c1-3-6-14-15(11-18-9-4-2)20-16(19-14)12-7-5-8-13(17)10-12/h5,7-8,10,18H,3-4,6,9,11H2,1-2H3. The molecule has 0 unspecified atom stereocenters. The third-order valence-corrected chi connectivity index (χ3v) is 4.20. The quantitative estimate of drug-likeness (QED) is 0.765. The van der Waals surface area contributed by atoms with Gasteiger partial charge >= 0.3 is 0 Å². The Morgan fingerprint density at radius 2 is 2.10 bits per heavy atom. The van der Waals surface area contributed by atoms with Gasteiger partial charge in [-0.3, -0.25) is 0 Å². The number of thiazole rings is 1. The summed E-state index contributed by atoms with van der Waals surface area (Å²) < 4.78 is 13.3. The van der Waals surface area contributed by atoms with Gasteiger partial charge in [-0.1, -0.05) is 32.4 Å². The summed E-state index contributed by atoms with van der Waals surface area (Å²) in [6, 6.07) is 6.67. The van der Waals surface area contributed by atoms with E-state index in [2.05, 4.69) is 19.2 Å². The van der Waals surface area contributed by atoms with Crippen LogP contribution in [-0.4, -0.2) is 11.5 Å². The number of hydrogen-bond acceptors (Lipinski definition) is 3. The average molecular weight is 292 g/mol. The first-order valence-corrected chi connectivity index (χ1v) is 8.01. The van der Waals surface area contributed by atoms with Crippen molar-refractivity contribution >= 4 is 11.3 Å². The second-order valence-electron chi connectivity index (χ2n) is 4.83. The summed E-state index contributed by atoms with van der Waals surface area (Å²) in [5.74, 6) is -0.208. The number of benzene rings is 1. The second-order valence-corrected chi connectivity index (χ2v) is 5.91. The fraction of sp³-hybridized carbons (Fsp3) is 0.438. The van der Waals surface area contributed by atoms with E-state index in [0.717, 1.165) is 48.6 Å². The van der Waals surface area contributed by atoms with Crippen LogP contribution in [-0.2, 0) is 13.0 Å². The highest BCUT2D eigenvalue weighted by atomic mass is 32.1. The molecule has 1 aromatic heterocycles. The molecule has 0 aliphatic rings. The number of nitrogens with one attached hydrogen (secondary N) is 1. The van der Waals surface area contributed by atoms with E-state index in [4.69, 9.17) is 4.98 Å². The van der Waals surface area contributed by atoms with Gasteiger partial charge < -0.3 is 5.32 Å². The molecule has 2 aromatic rings. The van der Waals surface area contributed by atoms with Crippen molar-refractivity contribution in [2.75, 3.05) is 6.54 Å². The van der Waals surface area contributed by atoms with Crippen LogP contribution in [0.3, 0.4) is 0 Å². The smallest absolute Gasteiger partial charge is 0.124 e. The highest BCUT2D eigenvalue weighted by molar-refractivity contribution is 7.15. The lowest BCUT2D eigenvalue weighted by molar-refractivity contribution is 0.628. The summed E-state index contributed by atoms with van der Waals surface area (Å²) in [5.41, 5.74) is 2.02. The van der Waals surface area contributed by atoms with E-state index in [1.54, 1.807) is 23.5 Å². The Balaban J connectivity index is 2.23. The Morgan fingerprint density at radius 1 is 1.25 bits per heavy atom.